The average Bonchev–Trinajstić information content (AvgIpc) is 3.44. The van der Waals surface area contributed by atoms with E-state index >= 15 is 0 Å². The van der Waals surface area contributed by atoms with Gasteiger partial charge in [-0.25, -0.2) is 0 Å². The van der Waals surface area contributed by atoms with E-state index in [2.05, 4.69) is 6.92 Å². The maximum absolute atomic E-state index is 13.8. The number of carbonyl (C=O) groups excluding carboxylic acids is 2. The van der Waals surface area contributed by atoms with Crippen LogP contribution < -0.4 is 0 Å². The molecule has 0 unspecified atom stereocenters. The van der Waals surface area contributed by atoms with Crippen molar-refractivity contribution in [1.82, 2.24) is 4.90 Å². The maximum Gasteiger partial charge on any atom is 0.312 e. The second kappa shape index (κ2) is 7.97. The number of nitrogens with zero attached hydrogens (tertiary/aromatic N) is 1. The molecule has 2 fully saturated rings. The second-order valence-electron chi connectivity index (χ2n) is 8.61. The average molecular weight is 418 g/mol. The van der Waals surface area contributed by atoms with Crippen molar-refractivity contribution < 1.29 is 19.1 Å². The van der Waals surface area contributed by atoms with Crippen molar-refractivity contribution in [1.29, 1.82) is 0 Å². The van der Waals surface area contributed by atoms with Crippen molar-refractivity contribution in [2.24, 2.45) is 11.8 Å². The molecule has 1 spiro atoms. The first kappa shape index (κ1) is 20.0. The molecule has 0 radical (unpaired) electrons. The molecule has 3 heterocycles. The number of ether oxygens (including phenoxy) is 2. The van der Waals surface area contributed by atoms with Crippen molar-refractivity contribution >= 4 is 11.9 Å². The van der Waals surface area contributed by atoms with Crippen LogP contribution in [0.3, 0.4) is 0 Å². The Morgan fingerprint density at radius 3 is 2.39 bits per heavy atom. The summed E-state index contributed by atoms with van der Waals surface area (Å²) in [6.07, 6.45) is 5.31. The summed E-state index contributed by atoms with van der Waals surface area (Å²) >= 11 is 0. The van der Waals surface area contributed by atoms with E-state index in [0.29, 0.717) is 13.2 Å². The number of rotatable bonds is 7. The predicted molar refractivity (Wildman–Crippen MR) is 116 cm³/mol. The Hall–Kier alpha value is -2.92. The van der Waals surface area contributed by atoms with Crippen molar-refractivity contribution in [3.63, 3.8) is 0 Å². The van der Waals surface area contributed by atoms with Crippen molar-refractivity contribution in [2.45, 2.75) is 37.5 Å². The first-order valence-electron chi connectivity index (χ1n) is 11.1. The normalized spacial score (nSPS) is 28.4. The van der Waals surface area contributed by atoms with E-state index in [-0.39, 0.29) is 24.0 Å². The topological polar surface area (TPSA) is 55.8 Å². The van der Waals surface area contributed by atoms with E-state index in [0.717, 1.165) is 24.0 Å². The van der Waals surface area contributed by atoms with Gasteiger partial charge in [0.25, 0.3) is 0 Å². The first-order valence-corrected chi connectivity index (χ1v) is 11.1. The Kier molecular flexibility index (Phi) is 5.14. The fraction of sp³-hybridized carbons (Fsp3) is 0.385. The molecule has 160 valence electrons. The Morgan fingerprint density at radius 1 is 1.13 bits per heavy atom. The first-order chi connectivity index (χ1) is 15.1. The van der Waals surface area contributed by atoms with Crippen LogP contribution in [-0.2, 0) is 19.1 Å². The summed E-state index contributed by atoms with van der Waals surface area (Å²) in [5, 5.41) is 0. The summed E-state index contributed by atoms with van der Waals surface area (Å²) < 4.78 is 11.8. The largest absolute Gasteiger partial charge is 0.465 e. The third-order valence-corrected chi connectivity index (χ3v) is 6.69. The lowest BCUT2D eigenvalue weighted by molar-refractivity contribution is -0.154. The summed E-state index contributed by atoms with van der Waals surface area (Å²) in [5.74, 6) is -1.47. The van der Waals surface area contributed by atoms with Gasteiger partial charge >= 0.3 is 5.97 Å². The van der Waals surface area contributed by atoms with Crippen molar-refractivity contribution in [3.05, 3.63) is 83.9 Å². The molecular weight excluding hydrogens is 390 g/mol. The Labute approximate surface area is 182 Å². The standard InChI is InChI=1S/C26H27NO4/c1-2-3-16-30-25(29)21-20-14-15-26(31-20)17-27(24(28)22(21)26)23(18-10-6-4-7-11-18)19-12-8-5-9-13-19/h4-15,20-23H,2-3,16-17H2,1H3/t20-,21-,22-,26+/m0/s1. The summed E-state index contributed by atoms with van der Waals surface area (Å²) in [4.78, 5) is 28.6. The fourth-order valence-corrected chi connectivity index (χ4v) is 5.25. The molecule has 3 aliphatic rings. The highest BCUT2D eigenvalue weighted by Gasteiger charge is 2.68. The van der Waals surface area contributed by atoms with Crippen LogP contribution in [0.2, 0.25) is 0 Å². The number of carbonyl (C=O) groups is 2. The highest BCUT2D eigenvalue weighted by molar-refractivity contribution is 5.91. The fourth-order valence-electron chi connectivity index (χ4n) is 5.25. The minimum atomic E-state index is -0.752. The second-order valence-corrected chi connectivity index (χ2v) is 8.61. The number of amides is 1. The molecule has 0 saturated carbocycles. The van der Waals surface area contributed by atoms with E-state index in [1.165, 1.54) is 0 Å². The molecule has 4 atom stereocenters. The Morgan fingerprint density at radius 2 is 1.77 bits per heavy atom. The monoisotopic (exact) mass is 417 g/mol. The smallest absolute Gasteiger partial charge is 0.312 e. The van der Waals surface area contributed by atoms with E-state index in [1.54, 1.807) is 0 Å². The van der Waals surface area contributed by atoms with Crippen LogP contribution in [0.4, 0.5) is 0 Å². The van der Waals surface area contributed by atoms with Crippen LogP contribution in [0, 0.1) is 11.8 Å². The van der Waals surface area contributed by atoms with Gasteiger partial charge in [0, 0.05) is 0 Å². The predicted octanol–water partition coefficient (Wildman–Crippen LogP) is 3.90. The van der Waals surface area contributed by atoms with E-state index in [1.807, 2.05) is 77.7 Å². The molecule has 2 aromatic carbocycles. The zero-order valence-corrected chi connectivity index (χ0v) is 17.6. The quantitative estimate of drug-likeness (QED) is 0.390. The molecule has 31 heavy (non-hydrogen) atoms. The number of hydrogen-bond donors (Lipinski definition) is 0. The Bertz CT molecular complexity index is 949. The molecule has 5 nitrogen and oxygen atoms in total. The minimum absolute atomic E-state index is 0.0398. The van der Waals surface area contributed by atoms with Gasteiger partial charge in [-0.15, -0.1) is 0 Å². The molecule has 5 rings (SSSR count). The number of unbranched alkanes of at least 4 members (excludes halogenated alkanes) is 1. The summed E-state index contributed by atoms with van der Waals surface area (Å²) in [5.41, 5.74) is 1.33. The zero-order valence-electron chi connectivity index (χ0n) is 17.6. The third kappa shape index (κ3) is 3.28. The molecule has 1 amide bonds. The molecule has 0 aliphatic carbocycles. The van der Waals surface area contributed by atoms with Crippen molar-refractivity contribution in [2.75, 3.05) is 13.2 Å². The number of esters is 1. The molecule has 2 bridgehead atoms. The summed E-state index contributed by atoms with van der Waals surface area (Å²) in [6.45, 7) is 2.87. The number of hydrogen-bond acceptors (Lipinski definition) is 4. The number of fused-ring (bicyclic) bond motifs is 1. The SMILES string of the molecule is CCCCOC(=O)[C@H]1[C@@H]2C=C[C@]3(CN(C(c4ccccc4)c4ccccc4)C(=O)[C@H]13)O2. The van der Waals surface area contributed by atoms with Crippen LogP contribution in [0.1, 0.15) is 36.9 Å². The molecule has 3 aliphatic heterocycles. The van der Waals surface area contributed by atoms with Crippen LogP contribution >= 0.6 is 0 Å². The highest BCUT2D eigenvalue weighted by atomic mass is 16.6. The van der Waals surface area contributed by atoms with Gasteiger partial charge < -0.3 is 14.4 Å². The molecule has 5 heteroatoms. The molecule has 2 saturated heterocycles. The van der Waals surface area contributed by atoms with Crippen LogP contribution in [0.15, 0.2) is 72.8 Å². The number of benzene rings is 2. The van der Waals surface area contributed by atoms with E-state index in [9.17, 15) is 9.59 Å². The minimum Gasteiger partial charge on any atom is -0.465 e. The number of likely N-dealkylation sites (tertiary alicyclic amines) is 1. The van der Waals surface area contributed by atoms with Gasteiger partial charge in [-0.3, -0.25) is 9.59 Å². The summed E-state index contributed by atoms with van der Waals surface area (Å²) in [6, 6.07) is 19.8. The van der Waals surface area contributed by atoms with Crippen LogP contribution in [0.25, 0.3) is 0 Å². The van der Waals surface area contributed by atoms with Gasteiger partial charge in [0.15, 0.2) is 0 Å². The molecule has 2 aromatic rings. The van der Waals surface area contributed by atoms with Gasteiger partial charge in [0.05, 0.1) is 31.2 Å². The molecule has 0 aromatic heterocycles. The third-order valence-electron chi connectivity index (χ3n) is 6.69. The Balaban J connectivity index is 1.49. The molecule has 0 N–H and O–H groups in total. The lowest BCUT2D eigenvalue weighted by atomic mass is 9.77. The van der Waals surface area contributed by atoms with Gasteiger partial charge in [0.1, 0.15) is 11.5 Å². The van der Waals surface area contributed by atoms with Crippen LogP contribution in [-0.4, -0.2) is 41.6 Å². The van der Waals surface area contributed by atoms with Gasteiger partial charge in [-0.2, -0.15) is 0 Å². The maximum atomic E-state index is 13.8. The van der Waals surface area contributed by atoms with Crippen LogP contribution in [0.5, 0.6) is 0 Å². The van der Waals surface area contributed by atoms with Gasteiger partial charge in [-0.1, -0.05) is 86.2 Å². The zero-order chi connectivity index (χ0) is 21.4. The lowest BCUT2D eigenvalue weighted by Gasteiger charge is -2.31. The van der Waals surface area contributed by atoms with E-state index < -0.39 is 17.4 Å². The highest BCUT2D eigenvalue weighted by Crippen LogP contribution is 2.54. The van der Waals surface area contributed by atoms with E-state index in [4.69, 9.17) is 9.47 Å². The summed E-state index contributed by atoms with van der Waals surface area (Å²) in [7, 11) is 0. The van der Waals surface area contributed by atoms with Gasteiger partial charge in [0.2, 0.25) is 5.91 Å². The lowest BCUT2D eigenvalue weighted by Crippen LogP contribution is -2.40. The van der Waals surface area contributed by atoms with Crippen molar-refractivity contribution in [3.8, 4) is 0 Å². The molecular formula is C26H27NO4. The van der Waals surface area contributed by atoms with Gasteiger partial charge in [-0.05, 0) is 17.5 Å².